The highest BCUT2D eigenvalue weighted by Gasteiger charge is 1.84. The third kappa shape index (κ3) is 8.27. The monoisotopic (exact) mass is 150 g/mol. The van der Waals surface area contributed by atoms with Gasteiger partial charge in [0.2, 0.25) is 0 Å². The van der Waals surface area contributed by atoms with Gasteiger partial charge >= 0.3 is 0 Å². The largest absolute Gasteiger partial charge is 0.379 e. The van der Waals surface area contributed by atoms with Crippen molar-refractivity contribution in [2.75, 3.05) is 25.8 Å². The number of hydrogen-bond donors (Lipinski definition) is 1. The lowest BCUT2D eigenvalue weighted by Gasteiger charge is -2.00. The van der Waals surface area contributed by atoms with Gasteiger partial charge in [0.1, 0.15) is 0 Å². The molecule has 0 bridgehead atoms. The summed E-state index contributed by atoms with van der Waals surface area (Å²) < 4.78 is 10.0. The van der Waals surface area contributed by atoms with Crippen LogP contribution in [0.4, 0.5) is 0 Å². The average molecular weight is 150 g/mol. The quantitative estimate of drug-likeness (QED) is 0.350. The first-order valence-electron chi connectivity index (χ1n) is 3.18. The van der Waals surface area contributed by atoms with Gasteiger partial charge in [-0.05, 0) is 6.42 Å². The summed E-state index contributed by atoms with van der Waals surface area (Å²) in [6, 6.07) is 0. The zero-order valence-corrected chi connectivity index (χ0v) is 6.69. The van der Waals surface area contributed by atoms with Crippen molar-refractivity contribution in [3.8, 4) is 0 Å². The molecule has 0 unspecified atom stereocenters. The maximum atomic E-state index is 5.13. The molecule has 0 aromatic rings. The lowest BCUT2D eigenvalue weighted by atomic mass is 10.5. The maximum absolute atomic E-state index is 5.13. The van der Waals surface area contributed by atoms with E-state index in [1.54, 1.807) is 0 Å². The molecule has 2 nitrogen and oxygen atoms in total. The highest BCUT2D eigenvalue weighted by Crippen LogP contribution is 1.82. The molecular weight excluding hydrogens is 136 g/mol. The van der Waals surface area contributed by atoms with Crippen LogP contribution in [0.1, 0.15) is 13.3 Å². The van der Waals surface area contributed by atoms with Gasteiger partial charge in [-0.2, -0.15) is 12.6 Å². The summed E-state index contributed by atoms with van der Waals surface area (Å²) in [6.07, 6.45) is 1.07. The molecule has 0 saturated carbocycles. The molecule has 0 aliphatic carbocycles. The summed E-state index contributed by atoms with van der Waals surface area (Å²) >= 11 is 3.87. The summed E-state index contributed by atoms with van der Waals surface area (Å²) in [4.78, 5) is 0. The molecule has 0 N–H and O–H groups in total. The van der Waals surface area contributed by atoms with Crippen LogP contribution in [0.15, 0.2) is 0 Å². The summed E-state index contributed by atoms with van der Waals surface area (Å²) in [5.41, 5.74) is 0. The van der Waals surface area contributed by atoms with Gasteiger partial charge in [-0.25, -0.2) is 0 Å². The molecule has 0 aromatic heterocycles. The number of hydrogen-bond acceptors (Lipinski definition) is 3. The normalized spacial score (nSPS) is 10.0. The Morgan fingerprint density at radius 3 is 2.33 bits per heavy atom. The third-order valence-corrected chi connectivity index (χ3v) is 0.994. The second-order valence-electron chi connectivity index (χ2n) is 1.65. The van der Waals surface area contributed by atoms with Crippen LogP contribution in [0.5, 0.6) is 0 Å². The van der Waals surface area contributed by atoms with Crippen molar-refractivity contribution in [3.63, 3.8) is 0 Å². The molecule has 0 saturated heterocycles. The molecular formula is C6H14O2S. The Morgan fingerprint density at radius 1 is 1.11 bits per heavy atom. The Bertz CT molecular complexity index is 44.3. The van der Waals surface area contributed by atoms with Gasteiger partial charge in [-0.15, -0.1) is 0 Å². The Balaban J connectivity index is 2.60. The van der Waals surface area contributed by atoms with Gasteiger partial charge in [0, 0.05) is 6.61 Å². The van der Waals surface area contributed by atoms with E-state index < -0.39 is 0 Å². The molecule has 0 aliphatic rings. The van der Waals surface area contributed by atoms with E-state index in [9.17, 15) is 0 Å². The second kappa shape index (κ2) is 8.27. The maximum Gasteiger partial charge on any atom is 0.0893 e. The van der Waals surface area contributed by atoms with Crippen LogP contribution >= 0.6 is 12.6 Å². The Labute approximate surface area is 61.9 Å². The van der Waals surface area contributed by atoms with Crippen LogP contribution in [-0.2, 0) is 9.47 Å². The first-order valence-corrected chi connectivity index (χ1v) is 3.81. The van der Waals surface area contributed by atoms with E-state index in [-0.39, 0.29) is 0 Å². The lowest BCUT2D eigenvalue weighted by molar-refractivity contribution is 0.0662. The first-order chi connectivity index (χ1) is 4.41. The minimum absolute atomic E-state index is 0.482. The molecule has 9 heavy (non-hydrogen) atoms. The van der Waals surface area contributed by atoms with Gasteiger partial charge in [-0.1, -0.05) is 6.92 Å². The zero-order valence-electron chi connectivity index (χ0n) is 5.80. The van der Waals surface area contributed by atoms with E-state index in [0.29, 0.717) is 19.2 Å². The molecule has 0 atom stereocenters. The van der Waals surface area contributed by atoms with Crippen molar-refractivity contribution < 1.29 is 9.47 Å². The van der Waals surface area contributed by atoms with Gasteiger partial charge < -0.3 is 9.47 Å². The first kappa shape index (κ1) is 9.27. The minimum Gasteiger partial charge on any atom is -0.379 e. The number of thiol groups is 1. The Hall–Kier alpha value is 0.270. The third-order valence-electron chi connectivity index (χ3n) is 0.812. The van der Waals surface area contributed by atoms with Gasteiger partial charge in [-0.3, -0.25) is 0 Å². The van der Waals surface area contributed by atoms with Gasteiger partial charge in [0.05, 0.1) is 19.2 Å². The highest BCUT2D eigenvalue weighted by atomic mass is 32.1. The standard InChI is InChI=1S/C6H14O2S/c1-2-3-7-4-5-8-6-9/h9H,2-6H2,1H3. The van der Waals surface area contributed by atoms with Crippen molar-refractivity contribution >= 4 is 12.6 Å². The zero-order chi connectivity index (χ0) is 6.95. The van der Waals surface area contributed by atoms with Crippen LogP contribution in [0.25, 0.3) is 0 Å². The van der Waals surface area contributed by atoms with Crippen LogP contribution in [0.3, 0.4) is 0 Å². The van der Waals surface area contributed by atoms with Crippen molar-refractivity contribution in [2.45, 2.75) is 13.3 Å². The van der Waals surface area contributed by atoms with Crippen LogP contribution in [-0.4, -0.2) is 25.8 Å². The van der Waals surface area contributed by atoms with Crippen molar-refractivity contribution in [1.82, 2.24) is 0 Å². The van der Waals surface area contributed by atoms with Gasteiger partial charge in [0.15, 0.2) is 0 Å². The van der Waals surface area contributed by atoms with Crippen molar-refractivity contribution in [2.24, 2.45) is 0 Å². The minimum atomic E-state index is 0.482. The summed E-state index contributed by atoms with van der Waals surface area (Å²) in [5, 5.41) is 0. The average Bonchev–Trinajstić information content (AvgIpc) is 1.89. The molecule has 56 valence electrons. The second-order valence-corrected chi connectivity index (χ2v) is 1.91. The number of rotatable bonds is 6. The number of ether oxygens (including phenoxy) is 2. The smallest absolute Gasteiger partial charge is 0.0893 e. The highest BCUT2D eigenvalue weighted by molar-refractivity contribution is 7.80. The van der Waals surface area contributed by atoms with E-state index in [0.717, 1.165) is 13.0 Å². The molecule has 0 aliphatic heterocycles. The summed E-state index contributed by atoms with van der Waals surface area (Å²) in [6.45, 7) is 4.26. The fraction of sp³-hybridized carbons (Fsp3) is 1.00. The predicted octanol–water partition coefficient (Wildman–Crippen LogP) is 1.32. The van der Waals surface area contributed by atoms with E-state index in [1.807, 2.05) is 0 Å². The molecule has 0 aromatic carbocycles. The molecule has 0 heterocycles. The molecule has 3 heteroatoms. The van der Waals surface area contributed by atoms with Crippen LogP contribution in [0, 0.1) is 0 Å². The van der Waals surface area contributed by atoms with Crippen molar-refractivity contribution in [3.05, 3.63) is 0 Å². The lowest BCUT2D eigenvalue weighted by Crippen LogP contribution is -2.03. The topological polar surface area (TPSA) is 18.5 Å². The Morgan fingerprint density at radius 2 is 1.78 bits per heavy atom. The molecule has 0 radical (unpaired) electrons. The fourth-order valence-electron chi connectivity index (χ4n) is 0.429. The SMILES string of the molecule is CCCOCCOCS. The van der Waals surface area contributed by atoms with E-state index in [1.165, 1.54) is 0 Å². The Kier molecular flexibility index (Phi) is 8.52. The van der Waals surface area contributed by atoms with Crippen LogP contribution < -0.4 is 0 Å². The van der Waals surface area contributed by atoms with E-state index in [2.05, 4.69) is 19.6 Å². The molecule has 0 spiro atoms. The van der Waals surface area contributed by atoms with E-state index in [4.69, 9.17) is 9.47 Å². The van der Waals surface area contributed by atoms with E-state index >= 15 is 0 Å². The van der Waals surface area contributed by atoms with Crippen LogP contribution in [0.2, 0.25) is 0 Å². The molecule has 0 amide bonds. The predicted molar refractivity (Wildman–Crippen MR) is 40.9 cm³/mol. The van der Waals surface area contributed by atoms with Crippen molar-refractivity contribution in [1.29, 1.82) is 0 Å². The fourth-order valence-corrected chi connectivity index (χ4v) is 0.558. The van der Waals surface area contributed by atoms with Gasteiger partial charge in [0.25, 0.3) is 0 Å². The molecule has 0 rings (SSSR count). The summed E-state index contributed by atoms with van der Waals surface area (Å²) in [7, 11) is 0. The molecule has 0 fully saturated rings. The summed E-state index contributed by atoms with van der Waals surface area (Å²) in [5.74, 6) is 0.482.